The number of aromatic nitrogens is 2. The number of carbonyl (C=O) groups excluding carboxylic acids is 2. The van der Waals surface area contributed by atoms with Gasteiger partial charge in [-0.15, -0.1) is 0 Å². The summed E-state index contributed by atoms with van der Waals surface area (Å²) in [5.41, 5.74) is 3.09. The van der Waals surface area contributed by atoms with Gasteiger partial charge >= 0.3 is 0 Å². The Morgan fingerprint density at radius 2 is 1.40 bits per heavy atom. The number of halogens is 3. The highest BCUT2D eigenvalue weighted by molar-refractivity contribution is 6.45. The molecule has 3 heterocycles. The quantitative estimate of drug-likeness (QED) is 0.251. The maximum absolute atomic E-state index is 13.5. The SMILES string of the molecule is O=C1c2ccccc2C(=O)N1c1c(Cl)cnc(-n2cc(-c3ccc(F)cc3)c3ccccc32)c1Cl. The minimum absolute atomic E-state index is 0.0541. The number of hydrogen-bond donors (Lipinski definition) is 0. The first-order chi connectivity index (χ1) is 17.0. The fraction of sp³-hybridized carbons (Fsp3) is 0. The van der Waals surface area contributed by atoms with E-state index in [1.165, 1.54) is 18.3 Å². The molecule has 2 aromatic heterocycles. The Labute approximate surface area is 209 Å². The fourth-order valence-electron chi connectivity index (χ4n) is 4.43. The zero-order valence-electron chi connectivity index (χ0n) is 17.9. The Hall–Kier alpha value is -4.00. The third-order valence-electron chi connectivity index (χ3n) is 6.04. The number of nitrogens with zero attached hydrogens (tertiary/aromatic N) is 3. The topological polar surface area (TPSA) is 55.2 Å². The third kappa shape index (κ3) is 3.26. The van der Waals surface area contributed by atoms with Gasteiger partial charge in [0, 0.05) is 17.1 Å². The summed E-state index contributed by atoms with van der Waals surface area (Å²) in [6.07, 6.45) is 3.21. The molecule has 0 unspecified atom stereocenters. The number of carbonyl (C=O) groups is 2. The van der Waals surface area contributed by atoms with Gasteiger partial charge in [0.2, 0.25) is 0 Å². The zero-order chi connectivity index (χ0) is 24.3. The van der Waals surface area contributed by atoms with Crippen LogP contribution in [0.5, 0.6) is 0 Å². The lowest BCUT2D eigenvalue weighted by Gasteiger charge is -2.19. The van der Waals surface area contributed by atoms with E-state index < -0.39 is 11.8 Å². The zero-order valence-corrected chi connectivity index (χ0v) is 19.4. The second-order valence-electron chi connectivity index (χ2n) is 8.02. The highest BCUT2D eigenvalue weighted by Crippen LogP contribution is 2.42. The lowest BCUT2D eigenvalue weighted by Crippen LogP contribution is -2.30. The molecular formula is C27H14Cl2FN3O2. The molecule has 3 aromatic carbocycles. The van der Waals surface area contributed by atoms with E-state index in [4.69, 9.17) is 23.2 Å². The van der Waals surface area contributed by atoms with Gasteiger partial charge in [0.15, 0.2) is 5.82 Å². The van der Waals surface area contributed by atoms with Gasteiger partial charge in [0.25, 0.3) is 11.8 Å². The average molecular weight is 502 g/mol. The number of imide groups is 1. The number of hydrogen-bond acceptors (Lipinski definition) is 3. The summed E-state index contributed by atoms with van der Waals surface area (Å²) < 4.78 is 15.3. The largest absolute Gasteiger partial charge is 0.299 e. The Balaban J connectivity index is 1.55. The van der Waals surface area contributed by atoms with E-state index in [-0.39, 0.29) is 32.7 Å². The molecule has 0 spiro atoms. The maximum atomic E-state index is 13.5. The minimum Gasteiger partial charge on any atom is -0.299 e. The average Bonchev–Trinajstić information content (AvgIpc) is 3.36. The number of pyridine rings is 1. The van der Waals surface area contributed by atoms with Crippen LogP contribution in [-0.2, 0) is 0 Å². The molecule has 0 bridgehead atoms. The molecule has 0 radical (unpaired) electrons. The molecule has 0 fully saturated rings. The predicted octanol–water partition coefficient (Wildman–Crippen LogP) is 6.94. The number of fused-ring (bicyclic) bond motifs is 2. The highest BCUT2D eigenvalue weighted by Gasteiger charge is 2.39. The molecule has 2 amide bonds. The van der Waals surface area contributed by atoms with Crippen molar-refractivity contribution in [3.05, 3.63) is 112 Å². The van der Waals surface area contributed by atoms with E-state index in [9.17, 15) is 14.0 Å². The Bertz CT molecular complexity index is 1640. The van der Waals surface area contributed by atoms with E-state index in [2.05, 4.69) is 4.98 Å². The first-order valence-corrected chi connectivity index (χ1v) is 11.4. The fourth-order valence-corrected chi connectivity index (χ4v) is 5.03. The molecule has 1 aliphatic rings. The van der Waals surface area contributed by atoms with Crippen LogP contribution in [-0.4, -0.2) is 21.4 Å². The molecule has 0 aliphatic carbocycles. The van der Waals surface area contributed by atoms with E-state index in [1.807, 2.05) is 30.5 Å². The van der Waals surface area contributed by atoms with E-state index in [0.29, 0.717) is 5.82 Å². The van der Waals surface area contributed by atoms with Crippen molar-refractivity contribution in [1.82, 2.24) is 9.55 Å². The van der Waals surface area contributed by atoms with Crippen molar-refractivity contribution >= 4 is 51.6 Å². The molecule has 6 rings (SSSR count). The van der Waals surface area contributed by atoms with Crippen molar-refractivity contribution in [2.45, 2.75) is 0 Å². The van der Waals surface area contributed by atoms with Crippen LogP contribution in [0.3, 0.4) is 0 Å². The van der Waals surface area contributed by atoms with Gasteiger partial charge in [-0.3, -0.25) is 14.2 Å². The molecule has 5 aromatic rings. The molecule has 0 saturated heterocycles. The first-order valence-electron chi connectivity index (χ1n) is 10.6. The summed E-state index contributed by atoms with van der Waals surface area (Å²) in [7, 11) is 0. The predicted molar refractivity (Wildman–Crippen MR) is 134 cm³/mol. The van der Waals surface area contributed by atoms with Crippen LogP contribution >= 0.6 is 23.2 Å². The molecule has 0 saturated carbocycles. The van der Waals surface area contributed by atoms with Crippen molar-refractivity contribution in [1.29, 1.82) is 0 Å². The van der Waals surface area contributed by atoms with E-state index in [1.54, 1.807) is 41.0 Å². The Morgan fingerprint density at radius 1 is 0.771 bits per heavy atom. The minimum atomic E-state index is -0.504. The van der Waals surface area contributed by atoms with Crippen LogP contribution in [0.25, 0.3) is 27.8 Å². The second-order valence-corrected chi connectivity index (χ2v) is 8.81. The smallest absolute Gasteiger partial charge is 0.266 e. The van der Waals surface area contributed by atoms with Gasteiger partial charge in [-0.1, -0.05) is 65.7 Å². The highest BCUT2D eigenvalue weighted by atomic mass is 35.5. The molecule has 8 heteroatoms. The summed E-state index contributed by atoms with van der Waals surface area (Å²) in [5.74, 6) is -1.04. The van der Waals surface area contributed by atoms with Gasteiger partial charge in [-0.05, 0) is 35.9 Å². The van der Waals surface area contributed by atoms with Crippen LogP contribution < -0.4 is 4.90 Å². The van der Waals surface area contributed by atoms with Crippen LogP contribution in [0.1, 0.15) is 20.7 Å². The molecular weight excluding hydrogens is 488 g/mol. The van der Waals surface area contributed by atoms with Crippen molar-refractivity contribution in [3.63, 3.8) is 0 Å². The summed E-state index contributed by atoms with van der Waals surface area (Å²) in [6, 6.07) is 20.4. The second kappa shape index (κ2) is 8.05. The van der Waals surface area contributed by atoms with Gasteiger partial charge in [0.1, 0.15) is 10.8 Å². The summed E-state index contributed by atoms with van der Waals surface area (Å²) in [4.78, 5) is 31.7. The maximum Gasteiger partial charge on any atom is 0.266 e. The monoisotopic (exact) mass is 501 g/mol. The number of amides is 2. The van der Waals surface area contributed by atoms with Crippen LogP contribution in [0, 0.1) is 5.82 Å². The van der Waals surface area contributed by atoms with E-state index >= 15 is 0 Å². The summed E-state index contributed by atoms with van der Waals surface area (Å²) >= 11 is 13.3. The molecule has 0 N–H and O–H groups in total. The summed E-state index contributed by atoms with van der Waals surface area (Å²) in [5, 5.41) is 1.02. The lowest BCUT2D eigenvalue weighted by atomic mass is 10.1. The van der Waals surface area contributed by atoms with Gasteiger partial charge in [-0.25, -0.2) is 14.3 Å². The molecule has 170 valence electrons. The van der Waals surface area contributed by atoms with Crippen molar-refractivity contribution < 1.29 is 14.0 Å². The normalized spacial score (nSPS) is 13.1. The van der Waals surface area contributed by atoms with Gasteiger partial charge in [-0.2, -0.15) is 0 Å². The molecule has 35 heavy (non-hydrogen) atoms. The molecule has 1 aliphatic heterocycles. The van der Waals surface area contributed by atoms with Crippen LogP contribution in [0.2, 0.25) is 10.0 Å². The number of para-hydroxylation sites is 1. The Kier molecular flexibility index (Phi) is 4.95. The van der Waals surface area contributed by atoms with Crippen molar-refractivity contribution in [3.8, 4) is 16.9 Å². The number of anilines is 1. The lowest BCUT2D eigenvalue weighted by molar-refractivity contribution is 0.0926. The van der Waals surface area contributed by atoms with Gasteiger partial charge < -0.3 is 0 Å². The first kappa shape index (κ1) is 21.5. The van der Waals surface area contributed by atoms with E-state index in [0.717, 1.165) is 26.9 Å². The Morgan fingerprint density at radius 3 is 2.09 bits per heavy atom. The standard InChI is InChI=1S/C27H14Cl2FN3O2/c28-21-13-31-25(23(29)24(21)33-26(34)18-6-1-2-7-19(18)27(33)35)32-14-20(15-9-11-16(30)12-10-15)17-5-3-4-8-22(17)32/h1-14H. The molecule has 5 nitrogen and oxygen atoms in total. The third-order valence-corrected chi connectivity index (χ3v) is 6.67. The van der Waals surface area contributed by atoms with Gasteiger partial charge in [0.05, 0.1) is 33.6 Å². The van der Waals surface area contributed by atoms with Crippen LogP contribution in [0.4, 0.5) is 10.1 Å². The molecule has 0 atom stereocenters. The van der Waals surface area contributed by atoms with Crippen molar-refractivity contribution in [2.24, 2.45) is 0 Å². The number of benzene rings is 3. The number of rotatable bonds is 3. The van der Waals surface area contributed by atoms with Crippen molar-refractivity contribution in [2.75, 3.05) is 4.90 Å². The summed E-state index contributed by atoms with van der Waals surface area (Å²) in [6.45, 7) is 0. The van der Waals surface area contributed by atoms with Crippen LogP contribution in [0.15, 0.2) is 85.2 Å².